The van der Waals surface area contributed by atoms with E-state index in [1.165, 1.54) is 28.9 Å². The number of rotatable bonds is 9. The van der Waals surface area contributed by atoms with Gasteiger partial charge in [0.05, 0.1) is 5.56 Å². The van der Waals surface area contributed by atoms with Crippen molar-refractivity contribution in [2.45, 2.75) is 59.6 Å². The van der Waals surface area contributed by atoms with Gasteiger partial charge >= 0.3 is 12.2 Å². The van der Waals surface area contributed by atoms with E-state index in [-0.39, 0.29) is 0 Å². The minimum atomic E-state index is -4.39. The molecule has 0 aromatic heterocycles. The first kappa shape index (κ1) is 24.5. The summed E-state index contributed by atoms with van der Waals surface area (Å²) in [7, 11) is 0. The van der Waals surface area contributed by atoms with E-state index in [1.54, 1.807) is 0 Å². The normalized spacial score (nSPS) is 12.5. The van der Waals surface area contributed by atoms with Crippen LogP contribution in [0.15, 0.2) is 59.2 Å². The van der Waals surface area contributed by atoms with Crippen LogP contribution in [-0.2, 0) is 6.18 Å². The van der Waals surface area contributed by atoms with Gasteiger partial charge in [-0.2, -0.15) is 13.2 Å². The van der Waals surface area contributed by atoms with Crippen LogP contribution < -0.4 is 10.6 Å². The van der Waals surface area contributed by atoms with E-state index >= 15 is 0 Å². The summed E-state index contributed by atoms with van der Waals surface area (Å²) in [6.45, 7) is 8.73. The van der Waals surface area contributed by atoms with E-state index in [1.807, 2.05) is 13.0 Å². The summed E-state index contributed by atoms with van der Waals surface area (Å²) in [5, 5.41) is 5.19. The fourth-order valence-electron chi connectivity index (χ4n) is 2.57. The molecular weight excluding hydrogens is 377 g/mol. The van der Waals surface area contributed by atoms with Crippen molar-refractivity contribution in [3.05, 3.63) is 64.8 Å². The quantitative estimate of drug-likeness (QED) is 0.415. The highest BCUT2D eigenvalue weighted by Gasteiger charge is 2.29. The number of nitrogens with one attached hydrogen (secondary N) is 2. The van der Waals surface area contributed by atoms with Crippen molar-refractivity contribution in [1.82, 2.24) is 5.32 Å². The number of alkyl halides is 3. The maximum absolute atomic E-state index is 12.5. The van der Waals surface area contributed by atoms with Gasteiger partial charge in [-0.1, -0.05) is 34.9 Å². The third-order valence-corrected chi connectivity index (χ3v) is 4.31. The molecule has 0 radical (unpaired) electrons. The molecular formula is C23H31F3N2O. The van der Waals surface area contributed by atoms with Gasteiger partial charge in [0.2, 0.25) is 0 Å². The number of amides is 2. The Hall–Kier alpha value is -2.50. The minimum absolute atomic E-state index is 0.310. The van der Waals surface area contributed by atoms with Gasteiger partial charge in [0, 0.05) is 12.2 Å². The molecule has 0 aliphatic carbocycles. The lowest BCUT2D eigenvalue weighted by Crippen LogP contribution is -2.28. The highest BCUT2D eigenvalue weighted by atomic mass is 19.4. The number of allylic oxidation sites excluding steroid dienone is 5. The summed E-state index contributed by atoms with van der Waals surface area (Å²) in [6, 6.07) is 3.89. The largest absolute Gasteiger partial charge is 0.416 e. The average Bonchev–Trinajstić information content (AvgIpc) is 2.61. The lowest BCUT2D eigenvalue weighted by Gasteiger charge is -2.09. The molecule has 0 aliphatic heterocycles. The van der Waals surface area contributed by atoms with E-state index in [0.29, 0.717) is 12.2 Å². The highest BCUT2D eigenvalue weighted by Crippen LogP contribution is 2.29. The van der Waals surface area contributed by atoms with Crippen LogP contribution >= 0.6 is 0 Å². The zero-order chi connectivity index (χ0) is 21.9. The number of carbonyl (C=O) groups excluding carboxylic acids is 1. The maximum Gasteiger partial charge on any atom is 0.416 e. The highest BCUT2D eigenvalue weighted by molar-refractivity contribution is 5.89. The van der Waals surface area contributed by atoms with Crippen molar-refractivity contribution in [2.75, 3.05) is 11.9 Å². The van der Waals surface area contributed by atoms with E-state index in [0.717, 1.165) is 37.8 Å². The average molecular weight is 409 g/mol. The predicted octanol–water partition coefficient (Wildman–Crippen LogP) is 7.25. The molecule has 29 heavy (non-hydrogen) atoms. The van der Waals surface area contributed by atoms with Gasteiger partial charge < -0.3 is 10.6 Å². The Kier molecular flexibility index (Phi) is 10.3. The second kappa shape index (κ2) is 12.1. The zero-order valence-corrected chi connectivity index (χ0v) is 17.6. The monoisotopic (exact) mass is 408 g/mol. The first-order valence-electron chi connectivity index (χ1n) is 9.74. The molecule has 3 nitrogen and oxygen atoms in total. The van der Waals surface area contributed by atoms with E-state index < -0.39 is 17.8 Å². The summed E-state index contributed by atoms with van der Waals surface area (Å²) in [4.78, 5) is 11.8. The van der Waals surface area contributed by atoms with E-state index in [2.05, 4.69) is 43.6 Å². The lowest BCUT2D eigenvalue weighted by atomic mass is 10.1. The third-order valence-electron chi connectivity index (χ3n) is 4.31. The van der Waals surface area contributed by atoms with Crippen LogP contribution in [0.25, 0.3) is 0 Å². The molecule has 160 valence electrons. The third kappa shape index (κ3) is 11.2. The summed E-state index contributed by atoms with van der Waals surface area (Å²) < 4.78 is 37.6. The SMILES string of the molecule is CC(C)=CCC/C(C)=C/CC/C(C)=C/CNC(=O)Nc1ccc(C(F)(F)F)cc1. The fraction of sp³-hybridized carbons (Fsp3) is 0.435. The first-order valence-corrected chi connectivity index (χ1v) is 9.74. The number of urea groups is 1. The molecule has 0 heterocycles. The van der Waals surface area contributed by atoms with Crippen molar-refractivity contribution < 1.29 is 18.0 Å². The summed E-state index contributed by atoms with van der Waals surface area (Å²) in [5.41, 5.74) is 3.46. The lowest BCUT2D eigenvalue weighted by molar-refractivity contribution is -0.137. The summed E-state index contributed by atoms with van der Waals surface area (Å²) >= 11 is 0. The fourth-order valence-corrected chi connectivity index (χ4v) is 2.57. The molecule has 0 saturated carbocycles. The van der Waals surface area contributed by atoms with Crippen LogP contribution in [0.3, 0.4) is 0 Å². The van der Waals surface area contributed by atoms with Gasteiger partial charge in [-0.15, -0.1) is 0 Å². The second-order valence-corrected chi connectivity index (χ2v) is 7.37. The van der Waals surface area contributed by atoms with E-state index in [4.69, 9.17) is 0 Å². The Morgan fingerprint density at radius 2 is 1.45 bits per heavy atom. The van der Waals surface area contributed by atoms with Crippen LogP contribution in [0.2, 0.25) is 0 Å². The Bertz CT molecular complexity index is 740. The Labute approximate surface area is 171 Å². The molecule has 0 bridgehead atoms. The number of hydrogen-bond acceptors (Lipinski definition) is 1. The number of anilines is 1. The molecule has 2 amide bonds. The van der Waals surface area contributed by atoms with Crippen LogP contribution in [-0.4, -0.2) is 12.6 Å². The Morgan fingerprint density at radius 3 is 2.00 bits per heavy atom. The van der Waals surface area contributed by atoms with Crippen LogP contribution in [0.4, 0.5) is 23.7 Å². The minimum Gasteiger partial charge on any atom is -0.334 e. The maximum atomic E-state index is 12.5. The molecule has 2 N–H and O–H groups in total. The van der Waals surface area contributed by atoms with Gasteiger partial charge in [-0.3, -0.25) is 0 Å². The standard InChI is InChI=1S/C23H31F3N2O/c1-17(2)7-5-8-18(3)9-6-10-19(4)15-16-27-22(29)28-21-13-11-20(12-14-21)23(24,25)26/h7,9,11-15H,5-6,8,10,16H2,1-4H3,(H2,27,28,29)/b18-9+,19-15+. The van der Waals surface area contributed by atoms with Crippen molar-refractivity contribution in [3.63, 3.8) is 0 Å². The second-order valence-electron chi connectivity index (χ2n) is 7.37. The Morgan fingerprint density at radius 1 is 0.897 bits per heavy atom. The Balaban J connectivity index is 2.33. The number of halogens is 3. The van der Waals surface area contributed by atoms with Crippen LogP contribution in [0.1, 0.15) is 58.9 Å². The van der Waals surface area contributed by atoms with Crippen molar-refractivity contribution in [1.29, 1.82) is 0 Å². The molecule has 0 aliphatic rings. The van der Waals surface area contributed by atoms with Crippen LogP contribution in [0, 0.1) is 0 Å². The zero-order valence-electron chi connectivity index (χ0n) is 17.6. The topological polar surface area (TPSA) is 41.1 Å². The molecule has 0 unspecified atom stereocenters. The first-order chi connectivity index (χ1) is 13.6. The molecule has 0 saturated heterocycles. The molecule has 6 heteroatoms. The van der Waals surface area contributed by atoms with Crippen molar-refractivity contribution in [2.24, 2.45) is 0 Å². The van der Waals surface area contributed by atoms with Gasteiger partial charge in [-0.25, -0.2) is 4.79 Å². The van der Waals surface area contributed by atoms with E-state index in [9.17, 15) is 18.0 Å². The molecule has 1 aromatic carbocycles. The molecule has 0 fully saturated rings. The van der Waals surface area contributed by atoms with Gasteiger partial charge in [0.15, 0.2) is 0 Å². The van der Waals surface area contributed by atoms with Crippen molar-refractivity contribution in [3.8, 4) is 0 Å². The molecule has 1 rings (SSSR count). The van der Waals surface area contributed by atoms with Crippen molar-refractivity contribution >= 4 is 11.7 Å². The summed E-state index contributed by atoms with van der Waals surface area (Å²) in [6.07, 6.45) is 6.06. The van der Waals surface area contributed by atoms with Gasteiger partial charge in [-0.05, 0) is 77.6 Å². The van der Waals surface area contributed by atoms with Gasteiger partial charge in [0.1, 0.15) is 0 Å². The summed E-state index contributed by atoms with van der Waals surface area (Å²) in [5.74, 6) is 0. The van der Waals surface area contributed by atoms with Gasteiger partial charge in [0.25, 0.3) is 0 Å². The molecule has 0 spiro atoms. The number of carbonyl (C=O) groups is 1. The van der Waals surface area contributed by atoms with Crippen LogP contribution in [0.5, 0.6) is 0 Å². The number of benzene rings is 1. The molecule has 1 aromatic rings. The number of hydrogen-bond donors (Lipinski definition) is 2. The molecule has 0 atom stereocenters. The predicted molar refractivity (Wildman–Crippen MR) is 114 cm³/mol. The smallest absolute Gasteiger partial charge is 0.334 e.